The van der Waals surface area contributed by atoms with Crippen molar-refractivity contribution in [3.05, 3.63) is 0 Å². The van der Waals surface area contributed by atoms with Crippen LogP contribution in [0.1, 0.15) is 45.4 Å². The maximum absolute atomic E-state index is 12.3. The molecule has 1 aliphatic rings. The third-order valence-corrected chi connectivity index (χ3v) is 5.38. The van der Waals surface area contributed by atoms with Gasteiger partial charge in [-0.1, -0.05) is 26.2 Å². The Morgan fingerprint density at radius 3 is 2.44 bits per heavy atom. The molecule has 18 heavy (non-hydrogen) atoms. The molecule has 0 amide bonds. The van der Waals surface area contributed by atoms with Crippen LogP contribution in [0.15, 0.2) is 0 Å². The Balaban J connectivity index is 2.64. The number of rotatable bonds is 7. The van der Waals surface area contributed by atoms with Crippen molar-refractivity contribution in [2.75, 3.05) is 18.8 Å². The van der Waals surface area contributed by atoms with Gasteiger partial charge in [0.1, 0.15) is 5.84 Å². The van der Waals surface area contributed by atoms with Crippen molar-refractivity contribution in [3.63, 3.8) is 0 Å². The first-order valence-electron chi connectivity index (χ1n) is 6.76. The van der Waals surface area contributed by atoms with Gasteiger partial charge < -0.3 is 5.73 Å². The highest BCUT2D eigenvalue weighted by atomic mass is 32.2. The fraction of sp³-hybridized carbons (Fsp3) is 0.917. The lowest BCUT2D eigenvalue weighted by Gasteiger charge is -2.26. The van der Waals surface area contributed by atoms with Gasteiger partial charge in [-0.25, -0.2) is 8.42 Å². The van der Waals surface area contributed by atoms with Gasteiger partial charge in [0.25, 0.3) is 0 Å². The summed E-state index contributed by atoms with van der Waals surface area (Å²) in [6.45, 7) is 2.42. The van der Waals surface area contributed by atoms with E-state index in [4.69, 9.17) is 11.1 Å². The average molecular weight is 275 g/mol. The number of nitrogens with one attached hydrogen (secondary N) is 1. The second-order valence-electron chi connectivity index (χ2n) is 5.14. The van der Waals surface area contributed by atoms with Crippen LogP contribution in [0.2, 0.25) is 0 Å². The van der Waals surface area contributed by atoms with Crippen molar-refractivity contribution in [3.8, 4) is 0 Å². The van der Waals surface area contributed by atoms with Gasteiger partial charge in [-0.15, -0.1) is 0 Å². The molecule has 1 aliphatic carbocycles. The molecule has 0 heterocycles. The zero-order chi connectivity index (χ0) is 13.6. The second-order valence-corrected chi connectivity index (χ2v) is 7.15. The largest absolute Gasteiger partial charge is 0.387 e. The standard InChI is InChI=1S/C12H25N3O2S/c1-2-8-15(9-12(13)14)18(16,17)10-11-6-4-3-5-7-11/h11H,2-10H2,1H3,(H3,13,14). The molecular weight excluding hydrogens is 250 g/mol. The van der Waals surface area contributed by atoms with Crippen LogP contribution in [0.3, 0.4) is 0 Å². The maximum atomic E-state index is 12.3. The van der Waals surface area contributed by atoms with Gasteiger partial charge in [-0.3, -0.25) is 5.41 Å². The van der Waals surface area contributed by atoms with Gasteiger partial charge in [0.15, 0.2) is 0 Å². The zero-order valence-corrected chi connectivity index (χ0v) is 12.0. The number of sulfonamides is 1. The van der Waals surface area contributed by atoms with Gasteiger partial charge in [0.05, 0.1) is 12.3 Å². The Kier molecular flexibility index (Phi) is 6.08. The summed E-state index contributed by atoms with van der Waals surface area (Å²) < 4.78 is 26.0. The lowest BCUT2D eigenvalue weighted by atomic mass is 9.91. The molecule has 0 spiro atoms. The van der Waals surface area contributed by atoms with E-state index in [1.807, 2.05) is 6.92 Å². The maximum Gasteiger partial charge on any atom is 0.214 e. The van der Waals surface area contributed by atoms with Gasteiger partial charge in [0.2, 0.25) is 10.0 Å². The highest BCUT2D eigenvalue weighted by molar-refractivity contribution is 7.89. The van der Waals surface area contributed by atoms with E-state index in [-0.39, 0.29) is 24.1 Å². The van der Waals surface area contributed by atoms with Crippen molar-refractivity contribution in [2.45, 2.75) is 45.4 Å². The fourth-order valence-electron chi connectivity index (χ4n) is 2.51. The number of amidine groups is 1. The van der Waals surface area contributed by atoms with Crippen molar-refractivity contribution < 1.29 is 8.42 Å². The summed E-state index contributed by atoms with van der Waals surface area (Å²) in [5.74, 6) is 0.422. The van der Waals surface area contributed by atoms with Gasteiger partial charge in [0, 0.05) is 6.54 Å². The van der Waals surface area contributed by atoms with Crippen LogP contribution >= 0.6 is 0 Å². The molecule has 1 rings (SSSR count). The molecule has 0 bridgehead atoms. The number of hydrogen-bond acceptors (Lipinski definition) is 3. The van der Waals surface area contributed by atoms with E-state index < -0.39 is 10.0 Å². The van der Waals surface area contributed by atoms with Gasteiger partial charge in [-0.05, 0) is 25.2 Å². The zero-order valence-electron chi connectivity index (χ0n) is 11.2. The number of nitrogens with two attached hydrogens (primary N) is 1. The van der Waals surface area contributed by atoms with Gasteiger partial charge in [-0.2, -0.15) is 4.31 Å². The Labute approximate surface area is 110 Å². The minimum absolute atomic E-state index is 0.0306. The Morgan fingerprint density at radius 1 is 1.33 bits per heavy atom. The molecule has 0 unspecified atom stereocenters. The second kappa shape index (κ2) is 7.09. The van der Waals surface area contributed by atoms with E-state index in [0.717, 1.165) is 32.1 Å². The molecule has 106 valence electrons. The topological polar surface area (TPSA) is 87.2 Å². The van der Waals surface area contributed by atoms with Gasteiger partial charge >= 0.3 is 0 Å². The first-order valence-corrected chi connectivity index (χ1v) is 8.37. The molecule has 1 fully saturated rings. The molecule has 0 aromatic heterocycles. The Hall–Kier alpha value is -0.620. The van der Waals surface area contributed by atoms with Crippen molar-refractivity contribution in [1.29, 1.82) is 5.41 Å². The minimum Gasteiger partial charge on any atom is -0.387 e. The lowest BCUT2D eigenvalue weighted by molar-refractivity contribution is 0.372. The van der Waals surface area contributed by atoms with E-state index in [2.05, 4.69) is 0 Å². The molecule has 0 aromatic carbocycles. The fourth-order valence-corrected chi connectivity index (χ4v) is 4.45. The van der Waals surface area contributed by atoms with E-state index in [0.29, 0.717) is 6.54 Å². The predicted molar refractivity (Wildman–Crippen MR) is 74.1 cm³/mol. The number of nitrogens with zero attached hydrogens (tertiary/aromatic N) is 1. The molecule has 0 aliphatic heterocycles. The van der Waals surface area contributed by atoms with Crippen LogP contribution in [0.25, 0.3) is 0 Å². The summed E-state index contributed by atoms with van der Waals surface area (Å²) in [5.41, 5.74) is 5.33. The van der Waals surface area contributed by atoms with Crippen molar-refractivity contribution in [2.24, 2.45) is 11.7 Å². The smallest absolute Gasteiger partial charge is 0.214 e. The van der Waals surface area contributed by atoms with E-state index in [1.165, 1.54) is 10.7 Å². The van der Waals surface area contributed by atoms with E-state index in [9.17, 15) is 8.42 Å². The summed E-state index contributed by atoms with van der Waals surface area (Å²) in [6.07, 6.45) is 6.28. The monoisotopic (exact) mass is 275 g/mol. The summed E-state index contributed by atoms with van der Waals surface area (Å²) in [5, 5.41) is 7.27. The summed E-state index contributed by atoms with van der Waals surface area (Å²) in [4.78, 5) is 0. The molecule has 0 saturated heterocycles. The van der Waals surface area contributed by atoms with Crippen LogP contribution in [-0.2, 0) is 10.0 Å². The Morgan fingerprint density at radius 2 is 1.94 bits per heavy atom. The molecule has 5 nitrogen and oxygen atoms in total. The molecule has 0 radical (unpaired) electrons. The molecular formula is C12H25N3O2S. The first kappa shape index (κ1) is 15.4. The van der Waals surface area contributed by atoms with E-state index >= 15 is 0 Å². The van der Waals surface area contributed by atoms with E-state index in [1.54, 1.807) is 0 Å². The predicted octanol–water partition coefficient (Wildman–Crippen LogP) is 1.54. The average Bonchev–Trinajstić information content (AvgIpc) is 2.28. The normalized spacial score (nSPS) is 18.1. The molecule has 0 atom stereocenters. The van der Waals surface area contributed by atoms with Crippen LogP contribution in [0, 0.1) is 11.3 Å². The van der Waals surface area contributed by atoms with Crippen LogP contribution in [-0.4, -0.2) is 37.4 Å². The third-order valence-electron chi connectivity index (χ3n) is 3.38. The SMILES string of the molecule is CCCN(CC(=N)N)S(=O)(=O)CC1CCCCC1. The van der Waals surface area contributed by atoms with Crippen LogP contribution < -0.4 is 5.73 Å². The quantitative estimate of drug-likeness (QED) is 0.546. The molecule has 3 N–H and O–H groups in total. The summed E-state index contributed by atoms with van der Waals surface area (Å²) in [6, 6.07) is 0. The lowest BCUT2D eigenvalue weighted by Crippen LogP contribution is -2.41. The van der Waals surface area contributed by atoms with Crippen LogP contribution in [0.4, 0.5) is 0 Å². The minimum atomic E-state index is -3.27. The number of hydrogen-bond donors (Lipinski definition) is 2. The molecule has 6 heteroatoms. The van der Waals surface area contributed by atoms with Crippen LogP contribution in [0.5, 0.6) is 0 Å². The molecule has 0 aromatic rings. The Bertz CT molecular complexity index is 362. The highest BCUT2D eigenvalue weighted by Crippen LogP contribution is 2.25. The summed E-state index contributed by atoms with van der Waals surface area (Å²) >= 11 is 0. The highest BCUT2D eigenvalue weighted by Gasteiger charge is 2.27. The third kappa shape index (κ3) is 4.94. The summed E-state index contributed by atoms with van der Waals surface area (Å²) in [7, 11) is -3.27. The molecule has 1 saturated carbocycles. The van der Waals surface area contributed by atoms with Crippen molar-refractivity contribution in [1.82, 2.24) is 4.31 Å². The van der Waals surface area contributed by atoms with Crippen molar-refractivity contribution >= 4 is 15.9 Å². The first-order chi connectivity index (χ1) is 8.45.